The Morgan fingerprint density at radius 3 is 1.82 bits per heavy atom. The Hall–Kier alpha value is 0.500. The number of alkyl halides is 2. The lowest BCUT2D eigenvalue weighted by Gasteiger charge is -2.41. The Kier molecular flexibility index (Phi) is 10.6. The lowest BCUT2D eigenvalue weighted by atomic mass is 9.70. The first-order chi connectivity index (χ1) is 16.0. The molecule has 1 heterocycles. The average Bonchev–Trinajstić information content (AvgIpc) is 2.83. The monoisotopic (exact) mass is 498 g/mol. The Morgan fingerprint density at radius 2 is 1.24 bits per heavy atom. The van der Waals surface area contributed by atoms with E-state index in [9.17, 15) is 0 Å². The van der Waals surface area contributed by atoms with Crippen molar-refractivity contribution < 1.29 is 0 Å². The molecule has 3 aliphatic carbocycles. The highest BCUT2D eigenvalue weighted by Crippen LogP contribution is 2.41. The largest absolute Gasteiger partial charge is 0.312 e. The molecule has 0 aromatic heterocycles. The first-order valence-corrected chi connectivity index (χ1v) is 15.6. The van der Waals surface area contributed by atoms with Crippen LogP contribution in [0, 0.1) is 35.5 Å². The van der Waals surface area contributed by atoms with Crippen molar-refractivity contribution in [3.8, 4) is 0 Å². The zero-order valence-corrected chi connectivity index (χ0v) is 23.1. The van der Waals surface area contributed by atoms with Gasteiger partial charge in [0, 0.05) is 23.3 Å². The quantitative estimate of drug-likeness (QED) is 0.344. The standard InChI is InChI=1S/C29H52Cl2N2/c1-21(2)29(20-33-16-14-25(15-17-33)23-6-10-27(30)11-7-23)32-19-22-4-3-5-26(18-22)24-8-12-28(31)13-9-24/h21-29,32H,3-20H2,1-2H3/t22?,23?,24?,26?,27?,28?,29-/m0/s1. The van der Waals surface area contributed by atoms with Crippen molar-refractivity contribution in [2.45, 2.75) is 121 Å². The van der Waals surface area contributed by atoms with Gasteiger partial charge in [0.2, 0.25) is 0 Å². The van der Waals surface area contributed by atoms with Crippen molar-refractivity contribution >= 4 is 23.2 Å². The molecule has 0 aromatic carbocycles. The fourth-order valence-electron chi connectivity index (χ4n) is 7.76. The van der Waals surface area contributed by atoms with Crippen LogP contribution in [0.4, 0.5) is 0 Å². The number of halogens is 2. The molecule has 2 unspecified atom stereocenters. The molecule has 192 valence electrons. The van der Waals surface area contributed by atoms with Gasteiger partial charge in [-0.1, -0.05) is 26.7 Å². The Morgan fingerprint density at radius 1 is 0.697 bits per heavy atom. The summed E-state index contributed by atoms with van der Waals surface area (Å²) in [5.74, 6) is 5.45. The van der Waals surface area contributed by atoms with E-state index in [-0.39, 0.29) is 0 Å². The second kappa shape index (κ2) is 13.2. The molecule has 1 N–H and O–H groups in total. The van der Waals surface area contributed by atoms with Crippen LogP contribution in [0.25, 0.3) is 0 Å². The highest BCUT2D eigenvalue weighted by Gasteiger charge is 2.33. The maximum absolute atomic E-state index is 6.38. The molecule has 0 radical (unpaired) electrons. The Bertz CT molecular complexity index is 546. The van der Waals surface area contributed by atoms with E-state index in [2.05, 4.69) is 24.1 Å². The lowest BCUT2D eigenvalue weighted by Crippen LogP contribution is -2.48. The van der Waals surface area contributed by atoms with Crippen molar-refractivity contribution in [2.75, 3.05) is 26.2 Å². The molecule has 4 heteroatoms. The third-order valence-electron chi connectivity index (χ3n) is 10.1. The number of nitrogens with one attached hydrogen (secondary N) is 1. The molecule has 4 aliphatic rings. The second-order valence-corrected chi connectivity index (χ2v) is 13.9. The molecule has 1 saturated heterocycles. The van der Waals surface area contributed by atoms with E-state index in [0.717, 1.165) is 29.6 Å². The Labute approximate surface area is 215 Å². The van der Waals surface area contributed by atoms with Gasteiger partial charge >= 0.3 is 0 Å². The number of piperidine rings is 1. The molecule has 4 rings (SSSR count). The van der Waals surface area contributed by atoms with Gasteiger partial charge in [-0.2, -0.15) is 0 Å². The van der Waals surface area contributed by atoms with Gasteiger partial charge in [-0.25, -0.2) is 0 Å². The van der Waals surface area contributed by atoms with Crippen LogP contribution in [0.1, 0.15) is 104 Å². The van der Waals surface area contributed by atoms with Gasteiger partial charge in [0.15, 0.2) is 0 Å². The number of nitrogens with zero attached hydrogens (tertiary/aromatic N) is 1. The summed E-state index contributed by atoms with van der Waals surface area (Å²) in [5, 5.41) is 4.98. The SMILES string of the molecule is CC(C)[C@H](CN1CCC(C2CCC(Cl)CC2)CC1)NCC1CCCC(C2CCC(Cl)CC2)C1. The van der Waals surface area contributed by atoms with Crippen molar-refractivity contribution in [1.82, 2.24) is 10.2 Å². The molecule has 1 aliphatic heterocycles. The van der Waals surface area contributed by atoms with Crippen molar-refractivity contribution in [2.24, 2.45) is 35.5 Å². The summed E-state index contributed by atoms with van der Waals surface area (Å²) in [6.45, 7) is 9.94. The van der Waals surface area contributed by atoms with E-state index >= 15 is 0 Å². The first-order valence-electron chi connectivity index (χ1n) is 14.7. The lowest BCUT2D eigenvalue weighted by molar-refractivity contribution is 0.110. The van der Waals surface area contributed by atoms with Crippen LogP contribution in [0.3, 0.4) is 0 Å². The van der Waals surface area contributed by atoms with E-state index < -0.39 is 0 Å². The third-order valence-corrected chi connectivity index (χ3v) is 11.0. The van der Waals surface area contributed by atoms with Crippen LogP contribution >= 0.6 is 23.2 Å². The molecule has 2 nitrogen and oxygen atoms in total. The minimum absolute atomic E-state index is 0.458. The van der Waals surface area contributed by atoms with E-state index in [1.807, 2.05) is 0 Å². The molecular weight excluding hydrogens is 447 g/mol. The number of hydrogen-bond acceptors (Lipinski definition) is 2. The smallest absolute Gasteiger partial charge is 0.0336 e. The van der Waals surface area contributed by atoms with Gasteiger partial charge in [0.25, 0.3) is 0 Å². The number of hydrogen-bond donors (Lipinski definition) is 1. The molecule has 3 atom stereocenters. The predicted octanol–water partition coefficient (Wildman–Crippen LogP) is 7.71. The van der Waals surface area contributed by atoms with E-state index in [4.69, 9.17) is 23.2 Å². The first kappa shape index (κ1) is 26.6. The van der Waals surface area contributed by atoms with Crippen LogP contribution < -0.4 is 5.32 Å². The molecular formula is C29H52Cl2N2. The second-order valence-electron chi connectivity index (χ2n) is 12.7. The molecule has 0 bridgehead atoms. The van der Waals surface area contributed by atoms with Crippen LogP contribution in [0.2, 0.25) is 0 Å². The van der Waals surface area contributed by atoms with E-state index in [1.165, 1.54) is 116 Å². The summed E-state index contributed by atoms with van der Waals surface area (Å²) >= 11 is 12.7. The van der Waals surface area contributed by atoms with E-state index in [0.29, 0.717) is 22.7 Å². The minimum atomic E-state index is 0.458. The van der Waals surface area contributed by atoms with Crippen molar-refractivity contribution in [1.29, 1.82) is 0 Å². The fourth-order valence-corrected chi connectivity index (χ4v) is 8.26. The van der Waals surface area contributed by atoms with Crippen molar-refractivity contribution in [3.63, 3.8) is 0 Å². The number of rotatable bonds is 8. The summed E-state index contributed by atoms with van der Waals surface area (Å²) in [4.78, 5) is 2.77. The van der Waals surface area contributed by atoms with Crippen molar-refractivity contribution in [3.05, 3.63) is 0 Å². The summed E-state index contributed by atoms with van der Waals surface area (Å²) in [5.41, 5.74) is 0. The predicted molar refractivity (Wildman–Crippen MR) is 144 cm³/mol. The van der Waals surface area contributed by atoms with Gasteiger partial charge in [-0.3, -0.25) is 0 Å². The zero-order chi connectivity index (χ0) is 23.2. The van der Waals surface area contributed by atoms with Gasteiger partial charge in [0.05, 0.1) is 0 Å². The highest BCUT2D eigenvalue weighted by molar-refractivity contribution is 6.20. The summed E-state index contributed by atoms with van der Waals surface area (Å²) in [6, 6.07) is 0.639. The molecule has 3 saturated carbocycles. The summed E-state index contributed by atoms with van der Waals surface area (Å²) in [6.07, 6.45) is 19.2. The average molecular weight is 500 g/mol. The summed E-state index contributed by atoms with van der Waals surface area (Å²) < 4.78 is 0. The number of likely N-dealkylation sites (tertiary alicyclic amines) is 1. The maximum atomic E-state index is 6.38. The van der Waals surface area contributed by atoms with Gasteiger partial charge < -0.3 is 10.2 Å². The van der Waals surface area contributed by atoms with Crippen LogP contribution in [0.5, 0.6) is 0 Å². The van der Waals surface area contributed by atoms with Crippen LogP contribution in [-0.4, -0.2) is 47.9 Å². The maximum Gasteiger partial charge on any atom is 0.0336 e. The molecule has 0 spiro atoms. The normalized spacial score (nSPS) is 38.5. The highest BCUT2D eigenvalue weighted by atomic mass is 35.5. The fraction of sp³-hybridized carbons (Fsp3) is 1.00. The summed E-state index contributed by atoms with van der Waals surface area (Å²) in [7, 11) is 0. The molecule has 4 fully saturated rings. The molecule has 33 heavy (non-hydrogen) atoms. The van der Waals surface area contributed by atoms with Gasteiger partial charge in [-0.15, -0.1) is 23.2 Å². The Balaban J connectivity index is 1.18. The van der Waals surface area contributed by atoms with Crippen LogP contribution in [-0.2, 0) is 0 Å². The molecule has 0 aromatic rings. The topological polar surface area (TPSA) is 15.3 Å². The molecule has 0 amide bonds. The van der Waals surface area contributed by atoms with E-state index in [1.54, 1.807) is 0 Å². The minimum Gasteiger partial charge on any atom is -0.312 e. The van der Waals surface area contributed by atoms with Gasteiger partial charge in [0.1, 0.15) is 0 Å². The van der Waals surface area contributed by atoms with Crippen LogP contribution in [0.15, 0.2) is 0 Å². The van der Waals surface area contributed by atoms with Gasteiger partial charge in [-0.05, 0) is 132 Å². The zero-order valence-electron chi connectivity index (χ0n) is 21.6. The third kappa shape index (κ3) is 7.99.